The molecule has 1 N–H and O–H groups in total. The van der Waals surface area contributed by atoms with Gasteiger partial charge in [-0.3, -0.25) is 4.79 Å². The van der Waals surface area contributed by atoms with Crippen molar-refractivity contribution in [3.05, 3.63) is 77.6 Å². The third kappa shape index (κ3) is 4.27. The molecule has 0 saturated carbocycles. The van der Waals surface area contributed by atoms with E-state index in [0.717, 1.165) is 33.6 Å². The Hall–Kier alpha value is -3.26. The van der Waals surface area contributed by atoms with E-state index in [1.54, 1.807) is 36.4 Å². The number of furan rings is 2. The number of thioether (sulfide) groups is 1. The number of hydrogen-bond acceptors (Lipinski definition) is 6. The Morgan fingerprint density at radius 3 is 2.79 bits per heavy atom. The van der Waals surface area contributed by atoms with Crippen LogP contribution in [0.25, 0.3) is 11.4 Å². The minimum Gasteiger partial charge on any atom is -0.469 e. The third-order valence-electron chi connectivity index (χ3n) is 4.50. The maximum atomic E-state index is 12.4. The highest BCUT2D eigenvalue weighted by molar-refractivity contribution is 7.98. The number of carbonyl (C=O) groups is 1. The van der Waals surface area contributed by atoms with Gasteiger partial charge in [0.15, 0.2) is 11.0 Å². The van der Waals surface area contributed by atoms with E-state index >= 15 is 0 Å². The number of aryl methyl sites for hydroxylation is 1. The van der Waals surface area contributed by atoms with Crippen molar-refractivity contribution in [1.82, 2.24) is 20.1 Å². The number of carbonyl (C=O) groups excluding carboxylic acids is 1. The van der Waals surface area contributed by atoms with Crippen molar-refractivity contribution < 1.29 is 13.6 Å². The molecular formula is C21H20N4O3S. The predicted molar refractivity (Wildman–Crippen MR) is 109 cm³/mol. The van der Waals surface area contributed by atoms with E-state index in [0.29, 0.717) is 17.9 Å². The molecule has 4 rings (SSSR count). The zero-order valence-electron chi connectivity index (χ0n) is 16.1. The van der Waals surface area contributed by atoms with Gasteiger partial charge in [-0.15, -0.1) is 10.2 Å². The smallest absolute Gasteiger partial charge is 0.251 e. The fourth-order valence-corrected chi connectivity index (χ4v) is 3.78. The molecule has 0 fully saturated rings. The summed E-state index contributed by atoms with van der Waals surface area (Å²) in [4.78, 5) is 12.4. The van der Waals surface area contributed by atoms with Crippen LogP contribution >= 0.6 is 11.8 Å². The van der Waals surface area contributed by atoms with Gasteiger partial charge in [0, 0.05) is 18.4 Å². The number of hydrogen-bond donors (Lipinski definition) is 1. The largest absolute Gasteiger partial charge is 0.469 e. The number of benzene rings is 1. The Bertz CT molecular complexity index is 1110. The average molecular weight is 408 g/mol. The van der Waals surface area contributed by atoms with Gasteiger partial charge in [-0.2, -0.15) is 0 Å². The highest BCUT2D eigenvalue weighted by atomic mass is 32.2. The van der Waals surface area contributed by atoms with E-state index in [1.165, 1.54) is 0 Å². The molecule has 0 bridgehead atoms. The molecule has 1 amide bonds. The summed E-state index contributed by atoms with van der Waals surface area (Å²) in [7, 11) is 1.93. The Kier molecular flexibility index (Phi) is 5.53. The monoisotopic (exact) mass is 408 g/mol. The second kappa shape index (κ2) is 8.40. The van der Waals surface area contributed by atoms with Crippen LogP contribution in [-0.4, -0.2) is 20.7 Å². The van der Waals surface area contributed by atoms with Crippen LogP contribution in [0, 0.1) is 6.92 Å². The Balaban J connectivity index is 1.40. The van der Waals surface area contributed by atoms with Crippen molar-refractivity contribution in [3.63, 3.8) is 0 Å². The standard InChI is InChI=1S/C21H20N4O3S/c1-14-18(8-10-27-14)19-23-24-21(25(19)2)29-13-15-5-3-6-16(11-15)20(26)22-12-17-7-4-9-28-17/h3-11H,12-13H2,1-2H3,(H,22,26). The first kappa shape index (κ1) is 19.1. The minimum atomic E-state index is -0.135. The van der Waals surface area contributed by atoms with Crippen LogP contribution in [-0.2, 0) is 19.3 Å². The van der Waals surface area contributed by atoms with Crippen LogP contribution in [0.1, 0.15) is 27.4 Å². The van der Waals surface area contributed by atoms with E-state index in [1.807, 2.05) is 48.9 Å². The Morgan fingerprint density at radius 1 is 1.14 bits per heavy atom. The van der Waals surface area contributed by atoms with E-state index < -0.39 is 0 Å². The van der Waals surface area contributed by atoms with Crippen molar-refractivity contribution in [2.75, 3.05) is 0 Å². The lowest BCUT2D eigenvalue weighted by Gasteiger charge is -2.06. The molecule has 0 saturated heterocycles. The van der Waals surface area contributed by atoms with Crippen LogP contribution in [0.5, 0.6) is 0 Å². The molecule has 29 heavy (non-hydrogen) atoms. The molecule has 3 aromatic heterocycles. The van der Waals surface area contributed by atoms with Gasteiger partial charge >= 0.3 is 0 Å². The molecule has 0 spiro atoms. The summed E-state index contributed by atoms with van der Waals surface area (Å²) in [5, 5.41) is 12.2. The van der Waals surface area contributed by atoms with E-state index in [-0.39, 0.29) is 5.91 Å². The first-order chi connectivity index (χ1) is 14.1. The first-order valence-electron chi connectivity index (χ1n) is 9.08. The fourth-order valence-electron chi connectivity index (χ4n) is 2.92. The van der Waals surface area contributed by atoms with Crippen molar-refractivity contribution >= 4 is 17.7 Å². The summed E-state index contributed by atoms with van der Waals surface area (Å²) in [6, 6.07) is 13.1. The van der Waals surface area contributed by atoms with E-state index in [2.05, 4.69) is 15.5 Å². The Morgan fingerprint density at radius 2 is 2.03 bits per heavy atom. The topological polar surface area (TPSA) is 86.1 Å². The lowest BCUT2D eigenvalue weighted by atomic mass is 10.1. The van der Waals surface area contributed by atoms with Gasteiger partial charge in [0.1, 0.15) is 11.5 Å². The summed E-state index contributed by atoms with van der Waals surface area (Å²) in [5.41, 5.74) is 2.58. The minimum absolute atomic E-state index is 0.135. The van der Waals surface area contributed by atoms with Gasteiger partial charge < -0.3 is 18.7 Å². The van der Waals surface area contributed by atoms with Crippen molar-refractivity contribution in [2.45, 2.75) is 24.4 Å². The summed E-state index contributed by atoms with van der Waals surface area (Å²) >= 11 is 1.57. The normalized spacial score (nSPS) is 11.0. The number of nitrogens with zero attached hydrogens (tertiary/aromatic N) is 3. The molecule has 0 unspecified atom stereocenters. The maximum Gasteiger partial charge on any atom is 0.251 e. The summed E-state index contributed by atoms with van der Waals surface area (Å²) in [6.45, 7) is 2.26. The van der Waals surface area contributed by atoms with Crippen molar-refractivity contribution in [2.24, 2.45) is 7.05 Å². The number of nitrogens with one attached hydrogen (secondary N) is 1. The fraction of sp³-hybridized carbons (Fsp3) is 0.190. The van der Waals surface area contributed by atoms with E-state index in [4.69, 9.17) is 8.83 Å². The van der Waals surface area contributed by atoms with Gasteiger partial charge in [-0.25, -0.2) is 0 Å². The van der Waals surface area contributed by atoms with Crippen molar-refractivity contribution in [1.29, 1.82) is 0 Å². The Labute approximate surface area is 172 Å². The van der Waals surface area contributed by atoms with Crippen LogP contribution in [0.2, 0.25) is 0 Å². The SMILES string of the molecule is Cc1occc1-c1nnc(SCc2cccc(C(=O)NCc3ccco3)c2)n1C. The maximum absolute atomic E-state index is 12.4. The molecular weight excluding hydrogens is 388 g/mol. The molecule has 148 valence electrons. The first-order valence-corrected chi connectivity index (χ1v) is 10.1. The third-order valence-corrected chi connectivity index (χ3v) is 5.59. The van der Waals surface area contributed by atoms with Crippen LogP contribution in [0.15, 0.2) is 69.0 Å². The zero-order chi connectivity index (χ0) is 20.2. The second-order valence-corrected chi connectivity index (χ2v) is 7.45. The highest BCUT2D eigenvalue weighted by Gasteiger charge is 2.15. The summed E-state index contributed by atoms with van der Waals surface area (Å²) < 4.78 is 12.5. The molecule has 1 aromatic carbocycles. The molecule has 0 aliphatic rings. The van der Waals surface area contributed by atoms with Crippen LogP contribution < -0.4 is 5.32 Å². The average Bonchev–Trinajstić information content (AvgIpc) is 3.47. The molecule has 0 radical (unpaired) electrons. The van der Waals surface area contributed by atoms with Crippen LogP contribution in [0.4, 0.5) is 0 Å². The lowest BCUT2D eigenvalue weighted by Crippen LogP contribution is -2.22. The molecule has 0 atom stereocenters. The summed E-state index contributed by atoms with van der Waals surface area (Å²) in [5.74, 6) is 2.84. The van der Waals surface area contributed by atoms with Gasteiger partial charge in [0.05, 0.1) is 24.6 Å². The molecule has 0 aliphatic heterocycles. The van der Waals surface area contributed by atoms with E-state index in [9.17, 15) is 4.79 Å². The second-order valence-electron chi connectivity index (χ2n) is 6.51. The number of amides is 1. The molecule has 8 heteroatoms. The number of aromatic nitrogens is 3. The molecule has 4 aromatic rings. The van der Waals surface area contributed by atoms with Crippen LogP contribution in [0.3, 0.4) is 0 Å². The molecule has 3 heterocycles. The number of rotatable bonds is 7. The highest BCUT2D eigenvalue weighted by Crippen LogP contribution is 2.27. The van der Waals surface area contributed by atoms with Gasteiger partial charge in [0.2, 0.25) is 0 Å². The predicted octanol–water partition coefficient (Wildman–Crippen LogP) is 4.20. The quantitative estimate of drug-likeness (QED) is 0.461. The van der Waals surface area contributed by atoms with Gasteiger partial charge in [0.25, 0.3) is 5.91 Å². The zero-order valence-corrected chi connectivity index (χ0v) is 16.9. The molecule has 0 aliphatic carbocycles. The van der Waals surface area contributed by atoms with Crippen molar-refractivity contribution in [3.8, 4) is 11.4 Å². The summed E-state index contributed by atoms with van der Waals surface area (Å²) in [6.07, 6.45) is 3.24. The van der Waals surface area contributed by atoms with Gasteiger partial charge in [-0.05, 0) is 42.8 Å². The van der Waals surface area contributed by atoms with Gasteiger partial charge in [-0.1, -0.05) is 23.9 Å². The molecule has 7 nitrogen and oxygen atoms in total. The lowest BCUT2D eigenvalue weighted by molar-refractivity contribution is 0.0948.